The first kappa shape index (κ1) is 25.4. The van der Waals surface area contributed by atoms with Gasteiger partial charge in [-0.15, -0.1) is 17.9 Å². The SMILES string of the molecule is C=CCOC[C@@H](O)CN(CC(=O)N1CCc2sccc2[C@@H]1COc1ccc(C)cc1)C(C)C. The third-order valence-electron chi connectivity index (χ3n) is 5.90. The van der Waals surface area contributed by atoms with Crippen molar-refractivity contribution < 1.29 is 19.4 Å². The first-order valence-electron chi connectivity index (χ1n) is 11.5. The molecular formula is C26H36N2O4S. The highest BCUT2D eigenvalue weighted by Crippen LogP contribution is 2.34. The molecule has 3 rings (SSSR count). The highest BCUT2D eigenvalue weighted by atomic mass is 32.1. The van der Waals surface area contributed by atoms with E-state index in [1.54, 1.807) is 17.4 Å². The molecule has 0 spiro atoms. The van der Waals surface area contributed by atoms with Crippen molar-refractivity contribution in [2.24, 2.45) is 0 Å². The average Bonchev–Trinajstić information content (AvgIpc) is 3.27. The van der Waals surface area contributed by atoms with Crippen LogP contribution in [0, 0.1) is 6.92 Å². The number of aryl methyl sites for hydroxylation is 1. The van der Waals surface area contributed by atoms with Gasteiger partial charge in [0.15, 0.2) is 0 Å². The van der Waals surface area contributed by atoms with E-state index in [1.165, 1.54) is 16.0 Å². The molecule has 2 atom stereocenters. The molecule has 2 heterocycles. The number of rotatable bonds is 12. The van der Waals surface area contributed by atoms with E-state index >= 15 is 0 Å². The van der Waals surface area contributed by atoms with Crippen LogP contribution in [-0.2, 0) is 16.0 Å². The summed E-state index contributed by atoms with van der Waals surface area (Å²) < 4.78 is 11.5. The molecule has 0 saturated carbocycles. The Bertz CT molecular complexity index is 896. The molecule has 7 heteroatoms. The smallest absolute Gasteiger partial charge is 0.237 e. The zero-order chi connectivity index (χ0) is 23.8. The number of hydrogen-bond donors (Lipinski definition) is 1. The van der Waals surface area contributed by atoms with Crippen molar-refractivity contribution in [1.82, 2.24) is 9.80 Å². The zero-order valence-corrected chi connectivity index (χ0v) is 20.7. The molecule has 0 fully saturated rings. The van der Waals surface area contributed by atoms with Gasteiger partial charge in [-0.3, -0.25) is 9.69 Å². The number of aliphatic hydroxyl groups excluding tert-OH is 1. The standard InChI is InChI=1S/C26H36N2O4S/c1-5-13-31-17-21(29)15-27(19(2)3)16-26(30)28-12-10-25-23(11-14-33-25)24(28)18-32-22-8-6-20(4)7-9-22/h5-9,11,14,19,21,24,29H,1,10,12-13,15-18H2,2-4H3/t21-,24-/m0/s1. The molecule has 0 bridgehead atoms. The van der Waals surface area contributed by atoms with Crippen LogP contribution >= 0.6 is 11.3 Å². The number of benzene rings is 1. The van der Waals surface area contributed by atoms with E-state index in [0.29, 0.717) is 26.3 Å². The van der Waals surface area contributed by atoms with Gasteiger partial charge in [0.25, 0.3) is 0 Å². The Morgan fingerprint density at radius 3 is 2.79 bits per heavy atom. The van der Waals surface area contributed by atoms with E-state index in [2.05, 4.69) is 18.0 Å². The Labute approximate surface area is 201 Å². The monoisotopic (exact) mass is 472 g/mol. The fourth-order valence-corrected chi connectivity index (χ4v) is 4.95. The van der Waals surface area contributed by atoms with Crippen molar-refractivity contribution in [3.05, 3.63) is 64.4 Å². The van der Waals surface area contributed by atoms with Crippen LogP contribution in [0.25, 0.3) is 0 Å². The van der Waals surface area contributed by atoms with Gasteiger partial charge >= 0.3 is 0 Å². The Kier molecular flexibility index (Phi) is 9.50. The van der Waals surface area contributed by atoms with Crippen LogP contribution in [0.5, 0.6) is 5.75 Å². The van der Waals surface area contributed by atoms with Gasteiger partial charge in [-0.1, -0.05) is 23.8 Å². The summed E-state index contributed by atoms with van der Waals surface area (Å²) in [5.41, 5.74) is 2.36. The highest BCUT2D eigenvalue weighted by Gasteiger charge is 2.33. The Hall–Kier alpha value is -2.19. The number of hydrogen-bond acceptors (Lipinski definition) is 6. The predicted molar refractivity (Wildman–Crippen MR) is 133 cm³/mol. The van der Waals surface area contributed by atoms with Crippen LogP contribution in [0.2, 0.25) is 0 Å². The second kappa shape index (κ2) is 12.3. The molecule has 180 valence electrons. The normalized spacial score (nSPS) is 16.7. The van der Waals surface area contributed by atoms with Gasteiger partial charge in [0.1, 0.15) is 12.4 Å². The summed E-state index contributed by atoms with van der Waals surface area (Å²) >= 11 is 1.75. The minimum Gasteiger partial charge on any atom is -0.491 e. The van der Waals surface area contributed by atoms with Gasteiger partial charge < -0.3 is 19.5 Å². The molecule has 6 nitrogen and oxygen atoms in total. The summed E-state index contributed by atoms with van der Waals surface area (Å²) in [7, 11) is 0. The van der Waals surface area contributed by atoms with E-state index < -0.39 is 6.10 Å². The fraction of sp³-hybridized carbons (Fsp3) is 0.500. The molecule has 1 aliphatic heterocycles. The molecule has 0 saturated heterocycles. The lowest BCUT2D eigenvalue weighted by atomic mass is 10.00. The van der Waals surface area contributed by atoms with Crippen molar-refractivity contribution in [2.75, 3.05) is 39.5 Å². The minimum atomic E-state index is -0.661. The van der Waals surface area contributed by atoms with Crippen molar-refractivity contribution >= 4 is 17.2 Å². The Morgan fingerprint density at radius 1 is 1.33 bits per heavy atom. The number of ether oxygens (including phenoxy) is 2. The Balaban J connectivity index is 1.67. The van der Waals surface area contributed by atoms with Gasteiger partial charge in [-0.25, -0.2) is 0 Å². The van der Waals surface area contributed by atoms with Crippen molar-refractivity contribution in [3.63, 3.8) is 0 Å². The average molecular weight is 473 g/mol. The van der Waals surface area contributed by atoms with E-state index in [1.807, 2.05) is 54.8 Å². The van der Waals surface area contributed by atoms with Crippen LogP contribution in [0.1, 0.15) is 35.9 Å². The van der Waals surface area contributed by atoms with Gasteiger partial charge in [0, 0.05) is 24.0 Å². The number of thiophene rings is 1. The maximum absolute atomic E-state index is 13.5. The lowest BCUT2D eigenvalue weighted by Crippen LogP contribution is -2.49. The third kappa shape index (κ3) is 7.14. The summed E-state index contributed by atoms with van der Waals surface area (Å²) in [6.07, 6.45) is 1.86. The van der Waals surface area contributed by atoms with Crippen LogP contribution in [0.3, 0.4) is 0 Å². The molecule has 1 N–H and O–H groups in total. The Morgan fingerprint density at radius 2 is 2.09 bits per heavy atom. The van der Waals surface area contributed by atoms with E-state index in [0.717, 1.165) is 12.2 Å². The number of aliphatic hydroxyl groups is 1. The quantitative estimate of drug-likeness (QED) is 0.376. The second-order valence-corrected chi connectivity index (χ2v) is 9.78. The van der Waals surface area contributed by atoms with E-state index in [9.17, 15) is 9.90 Å². The third-order valence-corrected chi connectivity index (χ3v) is 6.90. The molecule has 33 heavy (non-hydrogen) atoms. The molecule has 2 aromatic rings. The molecule has 1 aromatic heterocycles. The first-order valence-corrected chi connectivity index (χ1v) is 12.4. The first-order chi connectivity index (χ1) is 15.9. The van der Waals surface area contributed by atoms with Crippen LogP contribution in [0.4, 0.5) is 0 Å². The summed E-state index contributed by atoms with van der Waals surface area (Å²) in [5.74, 6) is 0.860. The number of carbonyl (C=O) groups excluding carboxylic acids is 1. The summed E-state index contributed by atoms with van der Waals surface area (Å²) in [6.45, 7) is 12.1. The topological polar surface area (TPSA) is 62.2 Å². The lowest BCUT2D eigenvalue weighted by molar-refractivity contribution is -0.137. The van der Waals surface area contributed by atoms with Crippen molar-refractivity contribution in [2.45, 2.75) is 45.4 Å². The maximum atomic E-state index is 13.5. The molecule has 1 aliphatic rings. The number of nitrogens with zero attached hydrogens (tertiary/aromatic N) is 2. The molecule has 1 aromatic carbocycles. The summed E-state index contributed by atoms with van der Waals surface area (Å²) in [4.78, 5) is 18.7. The fourth-order valence-electron chi connectivity index (χ4n) is 4.02. The molecule has 1 amide bonds. The lowest BCUT2D eigenvalue weighted by Gasteiger charge is -2.38. The minimum absolute atomic E-state index is 0.0530. The summed E-state index contributed by atoms with van der Waals surface area (Å²) in [5, 5.41) is 12.5. The largest absolute Gasteiger partial charge is 0.491 e. The number of carbonyl (C=O) groups is 1. The number of fused-ring (bicyclic) bond motifs is 1. The molecule has 0 aliphatic carbocycles. The van der Waals surface area contributed by atoms with E-state index in [4.69, 9.17) is 9.47 Å². The predicted octanol–water partition coefficient (Wildman–Crippen LogP) is 3.84. The molecule has 0 radical (unpaired) electrons. The van der Waals surface area contributed by atoms with Crippen molar-refractivity contribution in [1.29, 1.82) is 0 Å². The van der Waals surface area contributed by atoms with Gasteiger partial charge in [-0.2, -0.15) is 0 Å². The highest BCUT2D eigenvalue weighted by molar-refractivity contribution is 7.10. The van der Waals surface area contributed by atoms with Gasteiger partial charge in [-0.05, 0) is 56.3 Å². The maximum Gasteiger partial charge on any atom is 0.237 e. The van der Waals surface area contributed by atoms with Crippen LogP contribution in [0.15, 0.2) is 48.4 Å². The van der Waals surface area contributed by atoms with Crippen LogP contribution in [-0.4, -0.2) is 72.4 Å². The van der Waals surface area contributed by atoms with Gasteiger partial charge in [0.2, 0.25) is 5.91 Å². The molecular weight excluding hydrogens is 436 g/mol. The second-order valence-electron chi connectivity index (χ2n) is 8.78. The number of amides is 1. The zero-order valence-electron chi connectivity index (χ0n) is 19.9. The van der Waals surface area contributed by atoms with E-state index in [-0.39, 0.29) is 31.1 Å². The van der Waals surface area contributed by atoms with Gasteiger partial charge in [0.05, 0.1) is 31.9 Å². The summed E-state index contributed by atoms with van der Waals surface area (Å²) in [6, 6.07) is 10.1. The van der Waals surface area contributed by atoms with Crippen molar-refractivity contribution in [3.8, 4) is 5.75 Å². The molecule has 0 unspecified atom stereocenters. The van der Waals surface area contributed by atoms with Crippen LogP contribution < -0.4 is 4.74 Å².